The lowest BCUT2D eigenvalue weighted by atomic mass is 9.94. The van der Waals surface area contributed by atoms with Gasteiger partial charge in [-0.15, -0.1) is 24.8 Å². The summed E-state index contributed by atoms with van der Waals surface area (Å²) in [7, 11) is 1.89. The van der Waals surface area contributed by atoms with Gasteiger partial charge in [-0.1, -0.05) is 6.92 Å². The highest BCUT2D eigenvalue weighted by Crippen LogP contribution is 2.11. The number of aromatic nitrogens is 2. The maximum absolute atomic E-state index is 11.9. The number of piperidine rings is 1. The van der Waals surface area contributed by atoms with Crippen LogP contribution in [0, 0.1) is 5.92 Å². The van der Waals surface area contributed by atoms with Crippen molar-refractivity contribution in [2.24, 2.45) is 13.0 Å². The fourth-order valence-corrected chi connectivity index (χ4v) is 2.32. The van der Waals surface area contributed by atoms with Crippen LogP contribution >= 0.6 is 24.8 Å². The smallest absolute Gasteiger partial charge is 0.220 e. The molecule has 0 radical (unpaired) electrons. The molecule has 1 aliphatic rings. The topological polar surface area (TPSA) is 58.9 Å². The lowest BCUT2D eigenvalue weighted by molar-refractivity contribution is -0.122. The van der Waals surface area contributed by atoms with Crippen molar-refractivity contribution in [1.82, 2.24) is 20.4 Å². The van der Waals surface area contributed by atoms with Crippen molar-refractivity contribution >= 4 is 30.7 Å². The first-order valence-corrected chi connectivity index (χ1v) is 6.63. The Labute approximate surface area is 132 Å². The first kappa shape index (κ1) is 19.2. The molecule has 2 unspecified atom stereocenters. The Morgan fingerprint density at radius 2 is 2.30 bits per heavy atom. The van der Waals surface area contributed by atoms with Gasteiger partial charge < -0.3 is 10.6 Å². The van der Waals surface area contributed by atoms with Crippen molar-refractivity contribution in [1.29, 1.82) is 0 Å². The number of hydrogen-bond donors (Lipinski definition) is 2. The molecule has 1 aliphatic heterocycles. The summed E-state index contributed by atoms with van der Waals surface area (Å²) in [6, 6.07) is 0.278. The second kappa shape index (κ2) is 9.21. The zero-order chi connectivity index (χ0) is 13.0. The van der Waals surface area contributed by atoms with Crippen molar-refractivity contribution in [3.8, 4) is 0 Å². The van der Waals surface area contributed by atoms with Gasteiger partial charge in [-0.25, -0.2) is 0 Å². The van der Waals surface area contributed by atoms with Crippen LogP contribution in [-0.4, -0.2) is 34.8 Å². The van der Waals surface area contributed by atoms with E-state index in [2.05, 4.69) is 22.7 Å². The van der Waals surface area contributed by atoms with Gasteiger partial charge >= 0.3 is 0 Å². The minimum atomic E-state index is 0. The molecule has 1 aromatic heterocycles. The van der Waals surface area contributed by atoms with Crippen LogP contribution in [0.2, 0.25) is 0 Å². The number of halogens is 2. The average molecular weight is 323 g/mol. The van der Waals surface area contributed by atoms with Gasteiger partial charge in [0.1, 0.15) is 0 Å². The van der Waals surface area contributed by atoms with Crippen LogP contribution in [0.4, 0.5) is 0 Å². The van der Waals surface area contributed by atoms with Crippen LogP contribution in [0.3, 0.4) is 0 Å². The maximum atomic E-state index is 11.9. The molecular weight excluding hydrogens is 299 g/mol. The van der Waals surface area contributed by atoms with E-state index in [9.17, 15) is 4.79 Å². The summed E-state index contributed by atoms with van der Waals surface area (Å²) in [6.45, 7) is 4.15. The minimum Gasteiger partial charge on any atom is -0.352 e. The van der Waals surface area contributed by atoms with E-state index in [0.29, 0.717) is 12.3 Å². The van der Waals surface area contributed by atoms with E-state index < -0.39 is 0 Å². The standard InChI is InChI=1S/C13H22N4O.2ClH/c1-10-5-6-14-8-12(10)16-13(18)4-3-11-7-15-17(2)9-11;;/h7,9-10,12,14H,3-6,8H2,1-2H3,(H,16,18);2*1H. The molecule has 0 aliphatic carbocycles. The zero-order valence-corrected chi connectivity index (χ0v) is 13.6. The molecule has 0 bridgehead atoms. The summed E-state index contributed by atoms with van der Waals surface area (Å²) >= 11 is 0. The van der Waals surface area contributed by atoms with Crippen LogP contribution in [-0.2, 0) is 18.3 Å². The van der Waals surface area contributed by atoms with Gasteiger partial charge in [0, 0.05) is 32.3 Å². The van der Waals surface area contributed by atoms with E-state index in [-0.39, 0.29) is 36.8 Å². The summed E-state index contributed by atoms with van der Waals surface area (Å²) in [5, 5.41) is 10.5. The molecule has 2 rings (SSSR count). The highest BCUT2D eigenvalue weighted by Gasteiger charge is 2.22. The van der Waals surface area contributed by atoms with E-state index in [1.54, 1.807) is 4.68 Å². The molecule has 20 heavy (non-hydrogen) atoms. The van der Waals surface area contributed by atoms with Crippen LogP contribution in [0.25, 0.3) is 0 Å². The first-order valence-electron chi connectivity index (χ1n) is 6.63. The largest absolute Gasteiger partial charge is 0.352 e. The predicted molar refractivity (Wildman–Crippen MR) is 84.6 cm³/mol. The molecule has 2 N–H and O–H groups in total. The predicted octanol–water partition coefficient (Wildman–Crippen LogP) is 1.31. The fraction of sp³-hybridized carbons (Fsp3) is 0.692. The van der Waals surface area contributed by atoms with Crippen molar-refractivity contribution < 1.29 is 4.79 Å². The van der Waals surface area contributed by atoms with Gasteiger partial charge in [-0.2, -0.15) is 5.10 Å². The fourth-order valence-electron chi connectivity index (χ4n) is 2.32. The monoisotopic (exact) mass is 322 g/mol. The summed E-state index contributed by atoms with van der Waals surface area (Å²) in [5.74, 6) is 0.702. The molecule has 1 amide bonds. The van der Waals surface area contributed by atoms with Crippen LogP contribution in [0.5, 0.6) is 0 Å². The second-order valence-electron chi connectivity index (χ2n) is 5.17. The highest BCUT2D eigenvalue weighted by atomic mass is 35.5. The number of hydrogen-bond acceptors (Lipinski definition) is 3. The third-order valence-corrected chi connectivity index (χ3v) is 3.57. The lowest BCUT2D eigenvalue weighted by Gasteiger charge is -2.30. The molecule has 0 aromatic carbocycles. The first-order chi connectivity index (χ1) is 8.65. The maximum Gasteiger partial charge on any atom is 0.220 e. The Morgan fingerprint density at radius 3 is 2.90 bits per heavy atom. The molecular formula is C13H24Cl2N4O. The normalized spacial score (nSPS) is 21.5. The molecule has 5 nitrogen and oxygen atoms in total. The molecule has 2 atom stereocenters. The number of carbonyl (C=O) groups excluding carboxylic acids is 1. The molecule has 0 spiro atoms. The third-order valence-electron chi connectivity index (χ3n) is 3.57. The average Bonchev–Trinajstić information content (AvgIpc) is 2.76. The summed E-state index contributed by atoms with van der Waals surface area (Å²) in [6.07, 6.45) is 6.20. The molecule has 1 fully saturated rings. The van der Waals surface area contributed by atoms with Gasteiger partial charge in [0.25, 0.3) is 0 Å². The van der Waals surface area contributed by atoms with E-state index in [1.807, 2.05) is 19.4 Å². The lowest BCUT2D eigenvalue weighted by Crippen LogP contribution is -2.50. The highest BCUT2D eigenvalue weighted by molar-refractivity contribution is 5.85. The summed E-state index contributed by atoms with van der Waals surface area (Å²) < 4.78 is 1.76. The van der Waals surface area contributed by atoms with Crippen LogP contribution in [0.1, 0.15) is 25.3 Å². The molecule has 7 heteroatoms. The van der Waals surface area contributed by atoms with Crippen molar-refractivity contribution in [2.75, 3.05) is 13.1 Å². The third kappa shape index (κ3) is 5.69. The van der Waals surface area contributed by atoms with Gasteiger partial charge in [-0.3, -0.25) is 9.48 Å². The second-order valence-corrected chi connectivity index (χ2v) is 5.17. The molecule has 1 aromatic rings. The quantitative estimate of drug-likeness (QED) is 0.878. The number of nitrogens with zero attached hydrogens (tertiary/aromatic N) is 2. The number of rotatable bonds is 4. The molecule has 116 valence electrons. The van der Waals surface area contributed by atoms with E-state index in [4.69, 9.17) is 0 Å². The molecule has 2 heterocycles. The van der Waals surface area contributed by atoms with Crippen LogP contribution in [0.15, 0.2) is 12.4 Å². The number of amides is 1. The Bertz CT molecular complexity index is 411. The van der Waals surface area contributed by atoms with E-state index in [0.717, 1.165) is 31.5 Å². The van der Waals surface area contributed by atoms with Gasteiger partial charge in [0.2, 0.25) is 5.91 Å². The summed E-state index contributed by atoms with van der Waals surface area (Å²) in [4.78, 5) is 11.9. The SMILES string of the molecule is CC1CCNCC1NC(=O)CCc1cnn(C)c1.Cl.Cl. The van der Waals surface area contributed by atoms with Gasteiger partial charge in [-0.05, 0) is 30.9 Å². The summed E-state index contributed by atoms with van der Waals surface area (Å²) in [5.41, 5.74) is 1.11. The Hall–Kier alpha value is -0.780. The Kier molecular flexibility index (Phi) is 8.85. The number of nitrogens with one attached hydrogen (secondary N) is 2. The Morgan fingerprint density at radius 1 is 1.55 bits per heavy atom. The Balaban J connectivity index is 0.00000180. The van der Waals surface area contributed by atoms with Crippen molar-refractivity contribution in [2.45, 2.75) is 32.2 Å². The molecule has 0 saturated carbocycles. The zero-order valence-electron chi connectivity index (χ0n) is 12.0. The molecule has 1 saturated heterocycles. The van der Waals surface area contributed by atoms with E-state index in [1.165, 1.54) is 0 Å². The minimum absolute atomic E-state index is 0. The van der Waals surface area contributed by atoms with Gasteiger partial charge in [0.15, 0.2) is 0 Å². The van der Waals surface area contributed by atoms with Crippen molar-refractivity contribution in [3.05, 3.63) is 18.0 Å². The van der Waals surface area contributed by atoms with Crippen LogP contribution < -0.4 is 10.6 Å². The van der Waals surface area contributed by atoms with Crippen molar-refractivity contribution in [3.63, 3.8) is 0 Å². The van der Waals surface area contributed by atoms with Gasteiger partial charge in [0.05, 0.1) is 6.20 Å². The van der Waals surface area contributed by atoms with E-state index >= 15 is 0 Å². The number of carbonyl (C=O) groups is 1. The number of aryl methyl sites for hydroxylation is 2.